The number of nitrogens with zero attached hydrogens (tertiary/aromatic N) is 1. The molecule has 2 nitrogen and oxygen atoms in total. The van der Waals surface area contributed by atoms with E-state index < -0.39 is 0 Å². The lowest BCUT2D eigenvalue weighted by molar-refractivity contribution is 0.101. The summed E-state index contributed by atoms with van der Waals surface area (Å²) in [5, 5.41) is 0. The first-order valence-corrected chi connectivity index (χ1v) is 9.20. The third kappa shape index (κ3) is 4.26. The summed E-state index contributed by atoms with van der Waals surface area (Å²) in [5.41, 5.74) is 6.37. The number of Topliss-reactive ketones (excluding diaryl/α,β-unsaturated/α-hetero) is 1. The zero-order chi connectivity index (χ0) is 18.5. The van der Waals surface area contributed by atoms with Gasteiger partial charge in [-0.1, -0.05) is 62.4 Å². The molecule has 0 radical (unpaired) electrons. The SMILES string of the molecule is C=C1C=CC(c2cccc(CCC)c2)=NC1Cc1cccc(C(C)=O)c1. The Morgan fingerprint density at radius 3 is 2.62 bits per heavy atom. The van der Waals surface area contributed by atoms with Crippen LogP contribution >= 0.6 is 0 Å². The molecule has 0 aliphatic carbocycles. The minimum atomic E-state index is 0.00652. The maximum atomic E-state index is 11.6. The molecule has 1 heterocycles. The van der Waals surface area contributed by atoms with Gasteiger partial charge in [0.2, 0.25) is 0 Å². The number of dihydropyridines is 1. The van der Waals surface area contributed by atoms with Crippen molar-refractivity contribution in [1.82, 2.24) is 0 Å². The number of hydrogen-bond acceptors (Lipinski definition) is 2. The Labute approximate surface area is 156 Å². The van der Waals surface area contributed by atoms with E-state index in [-0.39, 0.29) is 11.8 Å². The van der Waals surface area contributed by atoms with Gasteiger partial charge in [-0.25, -0.2) is 0 Å². The maximum absolute atomic E-state index is 11.6. The number of hydrogen-bond donors (Lipinski definition) is 0. The minimum absolute atomic E-state index is 0.00652. The predicted molar refractivity (Wildman–Crippen MR) is 109 cm³/mol. The number of carbonyl (C=O) groups excluding carboxylic acids is 1. The van der Waals surface area contributed by atoms with Crippen molar-refractivity contribution >= 4 is 11.5 Å². The Balaban J connectivity index is 1.85. The Morgan fingerprint density at radius 1 is 1.08 bits per heavy atom. The summed E-state index contributed by atoms with van der Waals surface area (Å²) in [4.78, 5) is 16.6. The maximum Gasteiger partial charge on any atom is 0.159 e. The molecule has 1 atom stereocenters. The molecule has 0 N–H and O–H groups in total. The van der Waals surface area contributed by atoms with E-state index in [1.54, 1.807) is 6.92 Å². The van der Waals surface area contributed by atoms with Gasteiger partial charge in [0.25, 0.3) is 0 Å². The smallest absolute Gasteiger partial charge is 0.159 e. The molecule has 0 aromatic heterocycles. The van der Waals surface area contributed by atoms with Crippen molar-refractivity contribution in [2.24, 2.45) is 4.99 Å². The Bertz CT molecular complexity index is 889. The van der Waals surface area contributed by atoms with Crippen LogP contribution in [0.1, 0.15) is 47.3 Å². The van der Waals surface area contributed by atoms with Gasteiger partial charge in [0.05, 0.1) is 11.8 Å². The van der Waals surface area contributed by atoms with Crippen molar-refractivity contribution in [2.75, 3.05) is 0 Å². The van der Waals surface area contributed by atoms with Crippen molar-refractivity contribution in [1.29, 1.82) is 0 Å². The van der Waals surface area contributed by atoms with Gasteiger partial charge < -0.3 is 0 Å². The number of benzene rings is 2. The molecule has 1 aliphatic heterocycles. The lowest BCUT2D eigenvalue weighted by atomic mass is 9.94. The van der Waals surface area contributed by atoms with E-state index in [2.05, 4.69) is 56.0 Å². The summed E-state index contributed by atoms with van der Waals surface area (Å²) in [6, 6.07) is 16.4. The lowest BCUT2D eigenvalue weighted by Gasteiger charge is -2.19. The monoisotopic (exact) mass is 343 g/mol. The van der Waals surface area contributed by atoms with Crippen LogP contribution in [0.25, 0.3) is 0 Å². The lowest BCUT2D eigenvalue weighted by Crippen LogP contribution is -2.17. The second-order valence-corrected chi connectivity index (χ2v) is 6.85. The van der Waals surface area contributed by atoms with E-state index in [1.165, 1.54) is 5.56 Å². The second kappa shape index (κ2) is 8.09. The molecule has 132 valence electrons. The number of aryl methyl sites for hydroxylation is 1. The van der Waals surface area contributed by atoms with Crippen LogP contribution in [0.5, 0.6) is 0 Å². The van der Waals surface area contributed by atoms with Crippen LogP contribution < -0.4 is 0 Å². The highest BCUT2D eigenvalue weighted by Gasteiger charge is 2.17. The van der Waals surface area contributed by atoms with Crippen molar-refractivity contribution < 1.29 is 4.79 Å². The summed E-state index contributed by atoms with van der Waals surface area (Å²) in [6.45, 7) is 7.96. The molecule has 0 spiro atoms. The highest BCUT2D eigenvalue weighted by Crippen LogP contribution is 2.21. The van der Waals surface area contributed by atoms with E-state index in [0.29, 0.717) is 0 Å². The molecule has 2 aromatic rings. The van der Waals surface area contributed by atoms with E-state index in [1.807, 2.05) is 18.2 Å². The van der Waals surface area contributed by atoms with Gasteiger partial charge in [-0.3, -0.25) is 9.79 Å². The van der Waals surface area contributed by atoms with Gasteiger partial charge in [-0.05, 0) is 60.2 Å². The molecule has 2 aromatic carbocycles. The molecule has 26 heavy (non-hydrogen) atoms. The quantitative estimate of drug-likeness (QED) is 0.649. The fourth-order valence-electron chi connectivity index (χ4n) is 3.25. The first-order chi connectivity index (χ1) is 12.6. The Morgan fingerprint density at radius 2 is 1.85 bits per heavy atom. The first-order valence-electron chi connectivity index (χ1n) is 9.20. The number of carbonyl (C=O) groups is 1. The normalized spacial score (nSPS) is 16.5. The number of ketones is 1. The highest BCUT2D eigenvalue weighted by atomic mass is 16.1. The number of aliphatic imine (C=N–C) groups is 1. The first kappa shape index (κ1) is 18.1. The molecule has 1 unspecified atom stereocenters. The summed E-state index contributed by atoms with van der Waals surface area (Å²) in [5.74, 6) is 0.0890. The average molecular weight is 343 g/mol. The van der Waals surface area contributed by atoms with E-state index in [9.17, 15) is 4.79 Å². The third-order valence-electron chi connectivity index (χ3n) is 4.70. The molecule has 3 rings (SSSR count). The molecule has 0 bridgehead atoms. The van der Waals surface area contributed by atoms with Gasteiger partial charge in [0.15, 0.2) is 5.78 Å². The number of allylic oxidation sites excluding steroid dienone is 1. The molecule has 0 saturated carbocycles. The van der Waals surface area contributed by atoms with Crippen LogP contribution in [-0.4, -0.2) is 17.5 Å². The van der Waals surface area contributed by atoms with E-state index in [4.69, 9.17) is 4.99 Å². The van der Waals surface area contributed by atoms with Crippen molar-refractivity contribution in [2.45, 2.75) is 39.2 Å². The van der Waals surface area contributed by atoms with Crippen LogP contribution in [0, 0.1) is 0 Å². The predicted octanol–water partition coefficient (Wildman–Crippen LogP) is 5.37. The minimum Gasteiger partial charge on any atom is -0.295 e. The molecule has 0 fully saturated rings. The second-order valence-electron chi connectivity index (χ2n) is 6.85. The fraction of sp³-hybridized carbons (Fsp3) is 0.250. The van der Waals surface area contributed by atoms with Gasteiger partial charge in [0, 0.05) is 5.56 Å². The van der Waals surface area contributed by atoms with Crippen LogP contribution in [-0.2, 0) is 12.8 Å². The standard InChI is InChI=1S/C24H25NO/c1-4-7-19-8-5-11-22(14-19)23-13-12-17(2)24(25-23)16-20-9-6-10-21(15-20)18(3)26/h5-6,8-15,24H,2,4,7,16H2,1,3H3. The van der Waals surface area contributed by atoms with Crippen molar-refractivity contribution in [3.8, 4) is 0 Å². The molecule has 1 aliphatic rings. The van der Waals surface area contributed by atoms with Crippen LogP contribution in [0.15, 0.2) is 77.8 Å². The van der Waals surface area contributed by atoms with E-state index >= 15 is 0 Å². The zero-order valence-electron chi connectivity index (χ0n) is 15.5. The van der Waals surface area contributed by atoms with Gasteiger partial charge in [-0.15, -0.1) is 0 Å². The van der Waals surface area contributed by atoms with Crippen LogP contribution in [0.3, 0.4) is 0 Å². The molecular formula is C24H25NO. The Kier molecular flexibility index (Phi) is 5.62. The van der Waals surface area contributed by atoms with Gasteiger partial charge in [0.1, 0.15) is 0 Å². The average Bonchev–Trinajstić information content (AvgIpc) is 2.64. The topological polar surface area (TPSA) is 29.4 Å². The van der Waals surface area contributed by atoms with Gasteiger partial charge in [-0.2, -0.15) is 0 Å². The zero-order valence-corrected chi connectivity index (χ0v) is 15.5. The molecule has 2 heteroatoms. The summed E-state index contributed by atoms with van der Waals surface area (Å²) >= 11 is 0. The summed E-state index contributed by atoms with van der Waals surface area (Å²) in [7, 11) is 0. The molecular weight excluding hydrogens is 318 g/mol. The summed E-state index contributed by atoms with van der Waals surface area (Å²) in [6.07, 6.45) is 7.09. The highest BCUT2D eigenvalue weighted by molar-refractivity contribution is 6.09. The van der Waals surface area contributed by atoms with E-state index in [0.717, 1.165) is 47.2 Å². The third-order valence-corrected chi connectivity index (χ3v) is 4.70. The summed E-state index contributed by atoms with van der Waals surface area (Å²) < 4.78 is 0. The Hall–Kier alpha value is -2.74. The van der Waals surface area contributed by atoms with Crippen molar-refractivity contribution in [3.63, 3.8) is 0 Å². The number of rotatable bonds is 6. The fourth-order valence-corrected chi connectivity index (χ4v) is 3.25. The molecule has 0 saturated heterocycles. The van der Waals surface area contributed by atoms with Gasteiger partial charge >= 0.3 is 0 Å². The molecule has 0 amide bonds. The largest absolute Gasteiger partial charge is 0.295 e. The van der Waals surface area contributed by atoms with Crippen LogP contribution in [0.4, 0.5) is 0 Å². The van der Waals surface area contributed by atoms with Crippen molar-refractivity contribution in [3.05, 3.63) is 95.1 Å². The van der Waals surface area contributed by atoms with Crippen LogP contribution in [0.2, 0.25) is 0 Å².